The number of hydrogen-bond acceptors (Lipinski definition) is 4. The number of anilines is 1. The van der Waals surface area contributed by atoms with E-state index in [0.717, 1.165) is 31.7 Å². The number of carbonyl (C=O) groups is 2. The zero-order chi connectivity index (χ0) is 17.0. The van der Waals surface area contributed by atoms with Crippen LogP contribution in [0, 0.1) is 5.92 Å². The minimum absolute atomic E-state index is 0.0363. The molecule has 1 aliphatic rings. The summed E-state index contributed by atoms with van der Waals surface area (Å²) in [5.74, 6) is 0.847. The van der Waals surface area contributed by atoms with Gasteiger partial charge in [-0.3, -0.25) is 14.5 Å². The second kappa shape index (κ2) is 7.59. The van der Waals surface area contributed by atoms with Crippen molar-refractivity contribution in [2.24, 2.45) is 5.92 Å². The smallest absolute Gasteiger partial charge is 0.242 e. The van der Waals surface area contributed by atoms with Gasteiger partial charge < -0.3 is 10.6 Å². The summed E-state index contributed by atoms with van der Waals surface area (Å²) in [5.41, 5.74) is 0. The predicted octanol–water partition coefficient (Wildman–Crippen LogP) is 1.25. The van der Waals surface area contributed by atoms with Gasteiger partial charge in [-0.25, -0.2) is 4.68 Å². The van der Waals surface area contributed by atoms with Crippen molar-refractivity contribution >= 4 is 17.6 Å². The van der Waals surface area contributed by atoms with Gasteiger partial charge >= 0.3 is 0 Å². The minimum Gasteiger partial charge on any atom is -0.359 e. The number of amides is 2. The van der Waals surface area contributed by atoms with Gasteiger partial charge in [-0.05, 0) is 46.7 Å². The Labute approximate surface area is 137 Å². The summed E-state index contributed by atoms with van der Waals surface area (Å²) in [4.78, 5) is 26.3. The summed E-state index contributed by atoms with van der Waals surface area (Å²) in [5, 5.41) is 9.88. The third-order valence-electron chi connectivity index (χ3n) is 4.48. The average molecular weight is 321 g/mol. The molecule has 1 aromatic heterocycles. The molecule has 1 saturated heterocycles. The SMILES string of the molecule is CNC(=O)C1CCN(C(C)C(=O)Nc2ccnn2C(C)C)CC1. The van der Waals surface area contributed by atoms with Crippen LogP contribution in [0.3, 0.4) is 0 Å². The van der Waals surface area contributed by atoms with Gasteiger partial charge in [-0.2, -0.15) is 5.10 Å². The fourth-order valence-electron chi connectivity index (χ4n) is 2.97. The molecule has 1 unspecified atom stereocenters. The fourth-order valence-corrected chi connectivity index (χ4v) is 2.97. The molecule has 1 atom stereocenters. The number of hydrogen-bond donors (Lipinski definition) is 2. The largest absolute Gasteiger partial charge is 0.359 e. The van der Waals surface area contributed by atoms with Crippen LogP contribution >= 0.6 is 0 Å². The van der Waals surface area contributed by atoms with Gasteiger partial charge in [0.05, 0.1) is 12.2 Å². The summed E-state index contributed by atoms with van der Waals surface area (Å²) < 4.78 is 1.79. The highest BCUT2D eigenvalue weighted by molar-refractivity contribution is 5.93. The number of rotatable bonds is 5. The van der Waals surface area contributed by atoms with Crippen LogP contribution in [0.4, 0.5) is 5.82 Å². The standard InChI is InChI=1S/C16H27N5O2/c1-11(2)21-14(5-8-18-21)19-15(22)12(3)20-9-6-13(7-10-20)16(23)17-4/h5,8,11-13H,6-7,9-10H2,1-4H3,(H,17,23)(H,19,22). The Hall–Kier alpha value is -1.89. The summed E-state index contributed by atoms with van der Waals surface area (Å²) in [6, 6.07) is 1.78. The van der Waals surface area contributed by atoms with Gasteiger partial charge in [-0.15, -0.1) is 0 Å². The molecule has 0 radical (unpaired) electrons. The van der Waals surface area contributed by atoms with E-state index in [2.05, 4.69) is 20.6 Å². The van der Waals surface area contributed by atoms with Crippen LogP contribution in [0.25, 0.3) is 0 Å². The van der Waals surface area contributed by atoms with Gasteiger partial charge in [0, 0.05) is 25.1 Å². The first-order chi connectivity index (χ1) is 10.9. The van der Waals surface area contributed by atoms with Crippen molar-refractivity contribution in [1.29, 1.82) is 0 Å². The van der Waals surface area contributed by atoms with E-state index in [9.17, 15) is 9.59 Å². The number of carbonyl (C=O) groups excluding carboxylic acids is 2. The van der Waals surface area contributed by atoms with Crippen molar-refractivity contribution in [3.05, 3.63) is 12.3 Å². The van der Waals surface area contributed by atoms with E-state index in [1.165, 1.54) is 0 Å². The summed E-state index contributed by atoms with van der Waals surface area (Å²) in [7, 11) is 1.67. The Balaban J connectivity index is 1.91. The third kappa shape index (κ3) is 4.10. The Kier molecular flexibility index (Phi) is 5.76. The zero-order valence-corrected chi connectivity index (χ0v) is 14.4. The lowest BCUT2D eigenvalue weighted by molar-refractivity contribution is -0.126. The maximum atomic E-state index is 12.5. The van der Waals surface area contributed by atoms with Crippen LogP contribution in [0.15, 0.2) is 12.3 Å². The highest BCUT2D eigenvalue weighted by atomic mass is 16.2. The highest BCUT2D eigenvalue weighted by Gasteiger charge is 2.29. The van der Waals surface area contributed by atoms with E-state index in [-0.39, 0.29) is 29.8 Å². The fraction of sp³-hybridized carbons (Fsp3) is 0.688. The van der Waals surface area contributed by atoms with Crippen molar-refractivity contribution in [2.75, 3.05) is 25.5 Å². The molecule has 2 heterocycles. The van der Waals surface area contributed by atoms with Crippen LogP contribution in [0.5, 0.6) is 0 Å². The second-order valence-corrected chi connectivity index (χ2v) is 6.34. The lowest BCUT2D eigenvalue weighted by Crippen LogP contribution is -2.48. The van der Waals surface area contributed by atoms with Crippen molar-refractivity contribution in [3.8, 4) is 0 Å². The molecule has 0 aromatic carbocycles. The third-order valence-corrected chi connectivity index (χ3v) is 4.48. The molecule has 1 aliphatic heterocycles. The second-order valence-electron chi connectivity index (χ2n) is 6.34. The van der Waals surface area contributed by atoms with Gasteiger partial charge in [-0.1, -0.05) is 0 Å². The molecule has 2 rings (SSSR count). The van der Waals surface area contributed by atoms with Gasteiger partial charge in [0.2, 0.25) is 11.8 Å². The molecule has 2 amide bonds. The monoisotopic (exact) mass is 321 g/mol. The summed E-state index contributed by atoms with van der Waals surface area (Å²) >= 11 is 0. The van der Waals surface area contributed by atoms with Gasteiger partial charge in [0.25, 0.3) is 0 Å². The van der Waals surface area contributed by atoms with E-state index >= 15 is 0 Å². The molecule has 0 bridgehead atoms. The topological polar surface area (TPSA) is 79.3 Å². The van der Waals surface area contributed by atoms with Crippen LogP contribution in [0.1, 0.15) is 39.7 Å². The number of likely N-dealkylation sites (tertiary alicyclic amines) is 1. The Morgan fingerprint density at radius 1 is 1.26 bits per heavy atom. The van der Waals surface area contributed by atoms with Crippen LogP contribution in [-0.2, 0) is 9.59 Å². The Morgan fingerprint density at radius 3 is 2.48 bits per heavy atom. The lowest BCUT2D eigenvalue weighted by Gasteiger charge is -2.34. The predicted molar refractivity (Wildman–Crippen MR) is 89.1 cm³/mol. The van der Waals surface area contributed by atoms with Crippen molar-refractivity contribution in [2.45, 2.75) is 45.7 Å². The van der Waals surface area contributed by atoms with E-state index in [4.69, 9.17) is 0 Å². The first-order valence-corrected chi connectivity index (χ1v) is 8.24. The maximum Gasteiger partial charge on any atom is 0.242 e. The zero-order valence-electron chi connectivity index (χ0n) is 14.4. The number of aromatic nitrogens is 2. The van der Waals surface area contributed by atoms with E-state index in [1.807, 2.05) is 26.8 Å². The maximum absolute atomic E-state index is 12.5. The van der Waals surface area contributed by atoms with E-state index in [1.54, 1.807) is 17.9 Å². The van der Waals surface area contributed by atoms with Gasteiger partial charge in [0.15, 0.2) is 0 Å². The van der Waals surface area contributed by atoms with E-state index in [0.29, 0.717) is 0 Å². The molecular weight excluding hydrogens is 294 g/mol. The normalized spacial score (nSPS) is 18.0. The van der Waals surface area contributed by atoms with Crippen LogP contribution in [0.2, 0.25) is 0 Å². The number of piperidine rings is 1. The van der Waals surface area contributed by atoms with Gasteiger partial charge in [0.1, 0.15) is 5.82 Å². The van der Waals surface area contributed by atoms with Crippen LogP contribution < -0.4 is 10.6 Å². The number of nitrogens with zero attached hydrogens (tertiary/aromatic N) is 3. The molecule has 7 nitrogen and oxygen atoms in total. The van der Waals surface area contributed by atoms with Crippen LogP contribution in [-0.4, -0.2) is 52.7 Å². The molecule has 0 saturated carbocycles. The molecular formula is C16H27N5O2. The molecule has 0 aliphatic carbocycles. The van der Waals surface area contributed by atoms with Crippen molar-refractivity contribution < 1.29 is 9.59 Å². The summed E-state index contributed by atoms with van der Waals surface area (Å²) in [6.07, 6.45) is 3.28. The Bertz CT molecular complexity index is 546. The Morgan fingerprint density at radius 2 is 1.91 bits per heavy atom. The first kappa shape index (κ1) is 17.5. The average Bonchev–Trinajstić information content (AvgIpc) is 3.01. The quantitative estimate of drug-likeness (QED) is 0.855. The molecule has 0 spiro atoms. The molecule has 1 aromatic rings. The highest BCUT2D eigenvalue weighted by Crippen LogP contribution is 2.20. The lowest BCUT2D eigenvalue weighted by atomic mass is 9.95. The molecule has 128 valence electrons. The molecule has 7 heteroatoms. The molecule has 23 heavy (non-hydrogen) atoms. The minimum atomic E-state index is -0.226. The summed E-state index contributed by atoms with van der Waals surface area (Å²) in [6.45, 7) is 7.48. The van der Waals surface area contributed by atoms with Crippen molar-refractivity contribution in [1.82, 2.24) is 20.0 Å². The van der Waals surface area contributed by atoms with E-state index < -0.39 is 0 Å². The first-order valence-electron chi connectivity index (χ1n) is 8.24. The molecule has 1 fully saturated rings. The molecule has 2 N–H and O–H groups in total. The number of nitrogens with one attached hydrogen (secondary N) is 2. The van der Waals surface area contributed by atoms with Crippen molar-refractivity contribution in [3.63, 3.8) is 0 Å².